The zero-order chi connectivity index (χ0) is 20.8. The summed E-state index contributed by atoms with van der Waals surface area (Å²) in [5.41, 5.74) is 1.04. The first-order chi connectivity index (χ1) is 14.5. The number of rotatable bonds is 3. The van der Waals surface area contributed by atoms with Gasteiger partial charge >= 0.3 is 5.63 Å². The molecular formula is C24H21NO4S. The molecule has 0 spiro atoms. The van der Waals surface area contributed by atoms with Gasteiger partial charge in [-0.25, -0.2) is 4.79 Å². The molecule has 0 bridgehead atoms. The topological polar surface area (TPSA) is 72.4 Å². The molecule has 1 fully saturated rings. The molecule has 0 radical (unpaired) electrons. The monoisotopic (exact) mass is 419 g/mol. The number of benzene rings is 2. The van der Waals surface area contributed by atoms with Gasteiger partial charge in [-0.3, -0.25) is 4.79 Å². The van der Waals surface area contributed by atoms with E-state index in [1.807, 2.05) is 55.5 Å². The predicted octanol–water partition coefficient (Wildman–Crippen LogP) is 5.39. The fraction of sp³-hybridized carbons (Fsp3) is 0.250. The standard InChI is InChI=1S/C24H21NO4S/c1-14-10-12-16(13-11-14)30-22-20(26)19-21(29-24(22)28)17-8-4-5-9-18(17)25(23(19)27)15-6-2-3-7-15/h4-5,8-13,15,26H,2-3,6-7H2,1H3. The van der Waals surface area contributed by atoms with Crippen molar-refractivity contribution in [2.45, 2.75) is 48.4 Å². The first kappa shape index (κ1) is 19.0. The second-order valence-corrected chi connectivity index (χ2v) is 8.90. The summed E-state index contributed by atoms with van der Waals surface area (Å²) < 4.78 is 7.41. The summed E-state index contributed by atoms with van der Waals surface area (Å²) >= 11 is 1.11. The molecule has 1 aliphatic rings. The minimum absolute atomic E-state index is 0.0386. The van der Waals surface area contributed by atoms with E-state index in [1.54, 1.807) is 4.57 Å². The molecule has 0 aliphatic heterocycles. The van der Waals surface area contributed by atoms with E-state index in [4.69, 9.17) is 4.42 Å². The van der Waals surface area contributed by atoms with Crippen LogP contribution in [0.4, 0.5) is 0 Å². The van der Waals surface area contributed by atoms with Crippen LogP contribution in [0.15, 0.2) is 72.3 Å². The number of aromatic nitrogens is 1. The van der Waals surface area contributed by atoms with Crippen molar-refractivity contribution >= 4 is 33.6 Å². The van der Waals surface area contributed by atoms with Gasteiger partial charge in [0.15, 0.2) is 11.3 Å². The van der Waals surface area contributed by atoms with E-state index < -0.39 is 5.63 Å². The third kappa shape index (κ3) is 3.03. The zero-order valence-corrected chi connectivity index (χ0v) is 17.4. The highest BCUT2D eigenvalue weighted by molar-refractivity contribution is 7.99. The lowest BCUT2D eigenvalue weighted by Gasteiger charge is -2.18. The fourth-order valence-electron chi connectivity index (χ4n) is 4.34. The average Bonchev–Trinajstić information content (AvgIpc) is 3.26. The van der Waals surface area contributed by atoms with Crippen LogP contribution in [-0.2, 0) is 0 Å². The van der Waals surface area contributed by atoms with Crippen molar-refractivity contribution in [1.82, 2.24) is 4.57 Å². The van der Waals surface area contributed by atoms with Crippen LogP contribution in [-0.4, -0.2) is 9.67 Å². The van der Waals surface area contributed by atoms with Crippen molar-refractivity contribution in [3.8, 4) is 5.75 Å². The summed E-state index contributed by atoms with van der Waals surface area (Å²) in [5, 5.41) is 11.8. The Labute approximate surface area is 177 Å². The SMILES string of the molecule is Cc1ccc(Sc2c(O)c3c(=O)n(C4CCCC4)c4ccccc4c3oc2=O)cc1. The van der Waals surface area contributed by atoms with Crippen LogP contribution in [0, 0.1) is 6.92 Å². The van der Waals surface area contributed by atoms with Gasteiger partial charge in [-0.1, -0.05) is 54.4 Å². The summed E-state index contributed by atoms with van der Waals surface area (Å²) in [5.74, 6) is -0.297. The number of aromatic hydroxyl groups is 1. The molecule has 6 heteroatoms. The normalized spacial score (nSPS) is 14.7. The lowest BCUT2D eigenvalue weighted by atomic mass is 10.1. The van der Waals surface area contributed by atoms with Gasteiger partial charge in [0, 0.05) is 16.3 Å². The van der Waals surface area contributed by atoms with Crippen molar-refractivity contribution < 1.29 is 9.52 Å². The van der Waals surface area contributed by atoms with E-state index in [-0.39, 0.29) is 33.2 Å². The van der Waals surface area contributed by atoms with Crippen molar-refractivity contribution in [2.75, 3.05) is 0 Å². The van der Waals surface area contributed by atoms with Crippen molar-refractivity contribution in [3.63, 3.8) is 0 Å². The molecule has 5 nitrogen and oxygen atoms in total. The van der Waals surface area contributed by atoms with Crippen LogP contribution in [0.1, 0.15) is 37.3 Å². The molecule has 0 unspecified atom stereocenters. The number of hydrogen-bond acceptors (Lipinski definition) is 5. The van der Waals surface area contributed by atoms with E-state index in [2.05, 4.69) is 0 Å². The molecular weight excluding hydrogens is 398 g/mol. The summed E-state index contributed by atoms with van der Waals surface area (Å²) in [6.45, 7) is 1.98. The molecule has 5 rings (SSSR count). The highest BCUT2D eigenvalue weighted by Gasteiger charge is 2.26. The first-order valence-electron chi connectivity index (χ1n) is 10.1. The van der Waals surface area contributed by atoms with Gasteiger partial charge in [-0.05, 0) is 44.0 Å². The summed E-state index contributed by atoms with van der Waals surface area (Å²) in [4.78, 5) is 27.1. The largest absolute Gasteiger partial charge is 0.505 e. The Morgan fingerprint density at radius 3 is 2.47 bits per heavy atom. The third-order valence-corrected chi connectivity index (χ3v) is 6.90. The number of para-hydroxylation sites is 1. The van der Waals surface area contributed by atoms with Crippen molar-refractivity contribution in [2.24, 2.45) is 0 Å². The highest BCUT2D eigenvalue weighted by Crippen LogP contribution is 2.38. The maximum absolute atomic E-state index is 13.5. The molecule has 2 aromatic heterocycles. The van der Waals surface area contributed by atoms with Crippen LogP contribution in [0.3, 0.4) is 0 Å². The number of nitrogens with zero attached hydrogens (tertiary/aromatic N) is 1. The van der Waals surface area contributed by atoms with Crippen molar-refractivity contribution in [3.05, 3.63) is 74.9 Å². The van der Waals surface area contributed by atoms with Crippen LogP contribution < -0.4 is 11.2 Å². The molecule has 2 aromatic carbocycles. The number of hydrogen-bond donors (Lipinski definition) is 1. The molecule has 1 saturated carbocycles. The van der Waals surface area contributed by atoms with Gasteiger partial charge in [0.25, 0.3) is 5.56 Å². The number of aryl methyl sites for hydroxylation is 1. The van der Waals surface area contributed by atoms with E-state index >= 15 is 0 Å². The molecule has 0 atom stereocenters. The maximum atomic E-state index is 13.5. The quantitative estimate of drug-likeness (QED) is 0.451. The zero-order valence-electron chi connectivity index (χ0n) is 16.6. The predicted molar refractivity (Wildman–Crippen MR) is 119 cm³/mol. The van der Waals surface area contributed by atoms with Crippen LogP contribution in [0.5, 0.6) is 5.75 Å². The molecule has 2 heterocycles. The number of fused-ring (bicyclic) bond motifs is 3. The average molecular weight is 420 g/mol. The van der Waals surface area contributed by atoms with Gasteiger partial charge < -0.3 is 14.1 Å². The molecule has 0 amide bonds. The van der Waals surface area contributed by atoms with Gasteiger partial charge in [0.05, 0.1) is 5.52 Å². The molecule has 1 N–H and O–H groups in total. The Kier molecular flexibility index (Phi) is 4.66. The van der Waals surface area contributed by atoms with E-state index in [0.29, 0.717) is 5.39 Å². The Bertz CT molecular complexity index is 1380. The molecule has 152 valence electrons. The maximum Gasteiger partial charge on any atom is 0.354 e. The first-order valence-corrected chi connectivity index (χ1v) is 10.9. The lowest BCUT2D eigenvalue weighted by Crippen LogP contribution is -2.25. The molecule has 1 aliphatic carbocycles. The molecule has 30 heavy (non-hydrogen) atoms. The Morgan fingerprint density at radius 2 is 1.73 bits per heavy atom. The van der Waals surface area contributed by atoms with E-state index in [1.165, 1.54) is 0 Å². The highest BCUT2D eigenvalue weighted by atomic mass is 32.2. The Hall–Kier alpha value is -2.99. The van der Waals surface area contributed by atoms with Crippen LogP contribution in [0.25, 0.3) is 21.9 Å². The fourth-order valence-corrected chi connectivity index (χ4v) is 5.17. The minimum atomic E-state index is -0.645. The van der Waals surface area contributed by atoms with Crippen molar-refractivity contribution in [1.29, 1.82) is 0 Å². The smallest absolute Gasteiger partial charge is 0.354 e. The molecule has 4 aromatic rings. The summed E-state index contributed by atoms with van der Waals surface area (Å²) in [6.07, 6.45) is 4.01. The second-order valence-electron chi connectivity index (χ2n) is 7.82. The van der Waals surface area contributed by atoms with Crippen LogP contribution in [0.2, 0.25) is 0 Å². The number of pyridine rings is 1. The third-order valence-electron chi connectivity index (χ3n) is 5.83. The lowest BCUT2D eigenvalue weighted by molar-refractivity contribution is 0.445. The van der Waals surface area contributed by atoms with E-state index in [0.717, 1.165) is 53.4 Å². The van der Waals surface area contributed by atoms with E-state index in [9.17, 15) is 14.7 Å². The Morgan fingerprint density at radius 1 is 1.03 bits per heavy atom. The van der Waals surface area contributed by atoms with Gasteiger partial charge in [-0.2, -0.15) is 0 Å². The molecule has 0 saturated heterocycles. The Balaban J connectivity index is 1.81. The van der Waals surface area contributed by atoms with Gasteiger partial charge in [0.1, 0.15) is 10.3 Å². The minimum Gasteiger partial charge on any atom is -0.505 e. The second kappa shape index (κ2) is 7.36. The van der Waals surface area contributed by atoms with Crippen LogP contribution >= 0.6 is 11.8 Å². The summed E-state index contributed by atoms with van der Waals surface area (Å²) in [7, 11) is 0. The summed E-state index contributed by atoms with van der Waals surface area (Å²) in [6, 6.07) is 15.1. The van der Waals surface area contributed by atoms with Gasteiger partial charge in [0.2, 0.25) is 0 Å². The van der Waals surface area contributed by atoms with Gasteiger partial charge in [-0.15, -0.1) is 0 Å².